The lowest BCUT2D eigenvalue weighted by Gasteiger charge is -2.06. The Morgan fingerprint density at radius 1 is 1.10 bits per heavy atom. The third-order valence-corrected chi connectivity index (χ3v) is 4.03. The quantitative estimate of drug-likeness (QED) is 0.497. The van der Waals surface area contributed by atoms with E-state index in [1.165, 1.54) is 4.57 Å². The number of carbonyl (C=O) groups is 1. The first kappa shape index (κ1) is 12.3. The van der Waals surface area contributed by atoms with Gasteiger partial charge in [0.1, 0.15) is 0 Å². The number of ketones is 1. The zero-order valence-electron chi connectivity index (χ0n) is 10.6. The van der Waals surface area contributed by atoms with Crippen LogP contribution in [0.4, 0.5) is 5.69 Å². The highest BCUT2D eigenvalue weighted by Gasteiger charge is 2.30. The van der Waals surface area contributed by atoms with Gasteiger partial charge >= 0.3 is 0 Å². The summed E-state index contributed by atoms with van der Waals surface area (Å²) in [5, 5.41) is 0.402. The molecule has 0 spiro atoms. The number of hydrogen-bond acceptors (Lipinski definition) is 4. The fourth-order valence-corrected chi connectivity index (χ4v) is 2.93. The van der Waals surface area contributed by atoms with Crippen LogP contribution in [-0.2, 0) is 0 Å². The van der Waals surface area contributed by atoms with Crippen LogP contribution >= 0.6 is 15.9 Å². The maximum atomic E-state index is 12.7. The fraction of sp³-hybridized carbons (Fsp3) is 0. The minimum absolute atomic E-state index is 0.144. The lowest BCUT2D eigenvalue weighted by Crippen LogP contribution is -2.21. The monoisotopic (exact) mass is 341 g/mol. The number of fused-ring (bicyclic) bond motifs is 4. The molecule has 1 aliphatic rings. The average molecular weight is 342 g/mol. The van der Waals surface area contributed by atoms with Crippen molar-refractivity contribution in [1.29, 1.82) is 0 Å². The van der Waals surface area contributed by atoms with Crippen molar-refractivity contribution in [2.45, 2.75) is 0 Å². The predicted molar refractivity (Wildman–Crippen MR) is 82.9 cm³/mol. The van der Waals surface area contributed by atoms with Crippen LogP contribution in [0.1, 0.15) is 16.2 Å². The molecule has 0 fully saturated rings. The molecule has 102 valence electrons. The van der Waals surface area contributed by atoms with E-state index in [-0.39, 0.29) is 17.2 Å². The van der Waals surface area contributed by atoms with Gasteiger partial charge in [0.25, 0.3) is 5.56 Å². The molecule has 2 heterocycles. The fourth-order valence-electron chi connectivity index (χ4n) is 2.58. The minimum Gasteiger partial charge on any atom is -0.399 e. The molecule has 6 heteroatoms. The molecule has 3 aromatic rings. The summed E-state index contributed by atoms with van der Waals surface area (Å²) in [5.74, 6) is -0.0984. The molecule has 0 radical (unpaired) electrons. The molecule has 0 saturated heterocycles. The predicted octanol–water partition coefficient (Wildman–Crippen LogP) is 2.27. The van der Waals surface area contributed by atoms with Gasteiger partial charge in [-0.2, -0.15) is 0 Å². The molecule has 0 saturated carbocycles. The smallest absolute Gasteiger partial charge is 0.266 e. The molecule has 1 aliphatic heterocycles. The zero-order valence-corrected chi connectivity index (χ0v) is 12.2. The van der Waals surface area contributed by atoms with Crippen molar-refractivity contribution in [1.82, 2.24) is 9.55 Å². The SMILES string of the molecule is Nc1ccc2nc3n(c(=O)c2c1)-c1cc(Br)ccc1C3=O. The highest BCUT2D eigenvalue weighted by atomic mass is 79.9. The third kappa shape index (κ3) is 1.59. The van der Waals surface area contributed by atoms with E-state index >= 15 is 0 Å². The summed E-state index contributed by atoms with van der Waals surface area (Å²) in [6, 6.07) is 10.1. The van der Waals surface area contributed by atoms with E-state index in [9.17, 15) is 9.59 Å². The van der Waals surface area contributed by atoms with E-state index in [4.69, 9.17) is 5.73 Å². The number of rotatable bonds is 0. The minimum atomic E-state index is -0.285. The molecule has 0 bridgehead atoms. The Labute approximate surface area is 127 Å². The Balaban J connectivity index is 2.20. The van der Waals surface area contributed by atoms with Gasteiger partial charge in [-0.1, -0.05) is 15.9 Å². The number of hydrogen-bond donors (Lipinski definition) is 1. The summed E-state index contributed by atoms with van der Waals surface area (Å²) in [7, 11) is 0. The number of benzene rings is 2. The van der Waals surface area contributed by atoms with Gasteiger partial charge < -0.3 is 5.73 Å². The molecule has 1 aromatic heterocycles. The molecule has 0 amide bonds. The van der Waals surface area contributed by atoms with Gasteiger partial charge in [0.2, 0.25) is 5.78 Å². The van der Waals surface area contributed by atoms with Crippen molar-refractivity contribution in [2.24, 2.45) is 0 Å². The van der Waals surface area contributed by atoms with Crippen LogP contribution in [0.5, 0.6) is 0 Å². The first-order valence-corrected chi connectivity index (χ1v) is 7.02. The van der Waals surface area contributed by atoms with Crippen LogP contribution in [0.25, 0.3) is 16.6 Å². The van der Waals surface area contributed by atoms with Gasteiger partial charge in [-0.05, 0) is 36.4 Å². The number of nitrogen functional groups attached to an aromatic ring is 1. The largest absolute Gasteiger partial charge is 0.399 e. The van der Waals surface area contributed by atoms with E-state index in [0.717, 1.165) is 4.47 Å². The average Bonchev–Trinajstić information content (AvgIpc) is 2.73. The highest BCUT2D eigenvalue weighted by molar-refractivity contribution is 9.10. The maximum Gasteiger partial charge on any atom is 0.266 e. The van der Waals surface area contributed by atoms with Gasteiger partial charge in [0, 0.05) is 10.2 Å². The van der Waals surface area contributed by atoms with Crippen LogP contribution in [0.15, 0.2) is 45.7 Å². The lowest BCUT2D eigenvalue weighted by molar-refractivity contribution is 0.103. The summed E-state index contributed by atoms with van der Waals surface area (Å²) in [6.45, 7) is 0. The number of halogens is 1. The van der Waals surface area contributed by atoms with Crippen molar-refractivity contribution < 1.29 is 4.79 Å². The van der Waals surface area contributed by atoms with E-state index < -0.39 is 0 Å². The van der Waals surface area contributed by atoms with Crippen LogP contribution in [0.3, 0.4) is 0 Å². The summed E-state index contributed by atoms with van der Waals surface area (Å²) >= 11 is 3.36. The van der Waals surface area contributed by atoms with Gasteiger partial charge in [-0.3, -0.25) is 14.2 Å². The number of aromatic nitrogens is 2. The first-order chi connectivity index (χ1) is 10.1. The van der Waals surface area contributed by atoms with Crippen LogP contribution in [0, 0.1) is 0 Å². The van der Waals surface area contributed by atoms with Crippen LogP contribution < -0.4 is 11.3 Å². The Kier molecular flexibility index (Phi) is 2.35. The number of nitrogens with zero attached hydrogens (tertiary/aromatic N) is 2. The van der Waals surface area contributed by atoms with E-state index in [1.807, 2.05) is 0 Å². The molecular formula is C15H8BrN3O2. The second-order valence-electron chi connectivity index (χ2n) is 4.84. The highest BCUT2D eigenvalue weighted by Crippen LogP contribution is 2.29. The zero-order chi connectivity index (χ0) is 14.7. The summed E-state index contributed by atoms with van der Waals surface area (Å²) in [5.41, 5.74) is 7.43. The molecule has 21 heavy (non-hydrogen) atoms. The van der Waals surface area contributed by atoms with E-state index in [0.29, 0.717) is 27.8 Å². The van der Waals surface area contributed by atoms with Crippen molar-refractivity contribution in [2.75, 3.05) is 5.73 Å². The van der Waals surface area contributed by atoms with Crippen LogP contribution in [0.2, 0.25) is 0 Å². The summed E-state index contributed by atoms with van der Waals surface area (Å²) < 4.78 is 2.14. The molecule has 0 unspecified atom stereocenters. The Bertz CT molecular complexity index is 1010. The van der Waals surface area contributed by atoms with Gasteiger partial charge in [-0.25, -0.2) is 4.98 Å². The molecule has 4 rings (SSSR count). The second-order valence-corrected chi connectivity index (χ2v) is 5.76. The number of carbonyl (C=O) groups excluding carboxylic acids is 1. The van der Waals surface area contributed by atoms with Gasteiger partial charge in [0.05, 0.1) is 22.2 Å². The molecule has 0 aliphatic carbocycles. The Morgan fingerprint density at radius 2 is 1.90 bits per heavy atom. The molecular weight excluding hydrogens is 334 g/mol. The van der Waals surface area contributed by atoms with Crippen LogP contribution in [-0.4, -0.2) is 15.3 Å². The lowest BCUT2D eigenvalue weighted by atomic mass is 10.1. The molecule has 2 N–H and O–H groups in total. The van der Waals surface area contributed by atoms with Gasteiger partial charge in [-0.15, -0.1) is 0 Å². The normalized spacial score (nSPS) is 12.5. The molecule has 2 aromatic carbocycles. The van der Waals surface area contributed by atoms with Crippen molar-refractivity contribution in [3.05, 3.63) is 62.6 Å². The molecule has 0 atom stereocenters. The van der Waals surface area contributed by atoms with Crippen molar-refractivity contribution in [3.8, 4) is 5.69 Å². The van der Waals surface area contributed by atoms with Gasteiger partial charge in [0.15, 0.2) is 5.82 Å². The molecule has 5 nitrogen and oxygen atoms in total. The first-order valence-electron chi connectivity index (χ1n) is 6.23. The van der Waals surface area contributed by atoms with E-state index in [2.05, 4.69) is 20.9 Å². The number of nitrogens with two attached hydrogens (primary N) is 1. The Morgan fingerprint density at radius 3 is 2.71 bits per heavy atom. The second kappa shape index (κ2) is 4.02. The topological polar surface area (TPSA) is 78.0 Å². The third-order valence-electron chi connectivity index (χ3n) is 3.54. The Hall–Kier alpha value is -2.47. The van der Waals surface area contributed by atoms with Crippen molar-refractivity contribution in [3.63, 3.8) is 0 Å². The van der Waals surface area contributed by atoms with E-state index in [1.54, 1.807) is 36.4 Å². The summed E-state index contributed by atoms with van der Waals surface area (Å²) in [6.07, 6.45) is 0. The summed E-state index contributed by atoms with van der Waals surface area (Å²) in [4.78, 5) is 29.4. The number of anilines is 1. The standard InChI is InChI=1S/C15H8BrN3O2/c16-7-1-3-9-12(5-7)19-14(13(9)20)18-11-4-2-8(17)6-10(11)15(19)21/h1-6H,17H2. The maximum absolute atomic E-state index is 12.7. The van der Waals surface area contributed by atoms with Crippen molar-refractivity contribution >= 4 is 38.3 Å².